The number of carbonyl (C=O) groups is 2. The maximum atomic E-state index is 13.1. The molecule has 0 spiro atoms. The Morgan fingerprint density at radius 3 is 2.39 bits per heavy atom. The Labute approximate surface area is 164 Å². The summed E-state index contributed by atoms with van der Waals surface area (Å²) in [5, 5.41) is 0.960. The molecule has 2 heterocycles. The van der Waals surface area contributed by atoms with Gasteiger partial charge in [0.1, 0.15) is 5.75 Å². The molecule has 5 nitrogen and oxygen atoms in total. The van der Waals surface area contributed by atoms with Gasteiger partial charge in [0.2, 0.25) is 0 Å². The lowest BCUT2D eigenvalue weighted by Gasteiger charge is -2.31. The lowest BCUT2D eigenvalue weighted by molar-refractivity contribution is 0.0651. The molecule has 1 aliphatic rings. The first kappa shape index (κ1) is 18.3. The number of hydrogen-bond donors (Lipinski definition) is 1. The number of carbonyl (C=O) groups excluding carboxylic acids is 2. The molecule has 3 aromatic rings. The average molecular weight is 376 g/mol. The van der Waals surface area contributed by atoms with Crippen molar-refractivity contribution >= 4 is 22.6 Å². The van der Waals surface area contributed by atoms with Gasteiger partial charge in [-0.25, -0.2) is 0 Å². The van der Waals surface area contributed by atoms with Gasteiger partial charge in [-0.3, -0.25) is 9.59 Å². The van der Waals surface area contributed by atoms with E-state index in [1.54, 1.807) is 7.11 Å². The first-order chi connectivity index (χ1) is 13.6. The molecule has 1 aromatic heterocycles. The maximum Gasteiger partial charge on any atom is 0.256 e. The first-order valence-electron chi connectivity index (χ1n) is 9.63. The molecule has 0 saturated carbocycles. The quantitative estimate of drug-likeness (QED) is 0.694. The summed E-state index contributed by atoms with van der Waals surface area (Å²) in [5.41, 5.74) is 3.32. The molecule has 1 amide bonds. The highest BCUT2D eigenvalue weighted by Crippen LogP contribution is 2.27. The number of nitrogens with zero attached hydrogens (tertiary/aromatic N) is 1. The molecule has 28 heavy (non-hydrogen) atoms. The number of para-hydroxylation sites is 1. The van der Waals surface area contributed by atoms with E-state index in [1.807, 2.05) is 60.4 Å². The fourth-order valence-electron chi connectivity index (χ4n) is 4.05. The lowest BCUT2D eigenvalue weighted by atomic mass is 9.88. The third-order valence-corrected chi connectivity index (χ3v) is 5.63. The van der Waals surface area contributed by atoms with Gasteiger partial charge in [0, 0.05) is 41.2 Å². The first-order valence-corrected chi connectivity index (χ1v) is 9.63. The zero-order valence-corrected chi connectivity index (χ0v) is 16.2. The second-order valence-electron chi connectivity index (χ2n) is 7.33. The number of ether oxygens (including phenoxy) is 1. The van der Waals surface area contributed by atoms with Crippen LogP contribution in [0.4, 0.5) is 0 Å². The van der Waals surface area contributed by atoms with Crippen LogP contribution < -0.4 is 4.74 Å². The molecule has 144 valence electrons. The van der Waals surface area contributed by atoms with Crippen LogP contribution >= 0.6 is 0 Å². The molecule has 1 aliphatic heterocycles. The summed E-state index contributed by atoms with van der Waals surface area (Å²) in [6, 6.07) is 15.1. The fourth-order valence-corrected chi connectivity index (χ4v) is 4.05. The van der Waals surface area contributed by atoms with Crippen LogP contribution in [-0.4, -0.2) is 41.8 Å². The van der Waals surface area contributed by atoms with Crippen molar-refractivity contribution < 1.29 is 14.3 Å². The van der Waals surface area contributed by atoms with E-state index < -0.39 is 0 Å². The minimum atomic E-state index is -0.0403. The van der Waals surface area contributed by atoms with E-state index in [0.29, 0.717) is 31.5 Å². The number of fused-ring (bicyclic) bond motifs is 1. The monoisotopic (exact) mass is 376 g/mol. The van der Waals surface area contributed by atoms with Gasteiger partial charge in [0.15, 0.2) is 5.78 Å². The van der Waals surface area contributed by atoms with Crippen LogP contribution in [0.25, 0.3) is 10.9 Å². The average Bonchev–Trinajstić information content (AvgIpc) is 3.08. The van der Waals surface area contributed by atoms with Crippen molar-refractivity contribution in [1.82, 2.24) is 9.88 Å². The van der Waals surface area contributed by atoms with Crippen molar-refractivity contribution in [3.05, 3.63) is 65.4 Å². The van der Waals surface area contributed by atoms with Gasteiger partial charge >= 0.3 is 0 Å². The predicted octanol–water partition coefficient (Wildman–Crippen LogP) is 4.22. The van der Waals surface area contributed by atoms with Crippen LogP contribution in [0.2, 0.25) is 0 Å². The van der Waals surface area contributed by atoms with Gasteiger partial charge in [-0.05, 0) is 50.1 Å². The number of H-pyrrole nitrogens is 1. The summed E-state index contributed by atoms with van der Waals surface area (Å²) in [7, 11) is 1.61. The van der Waals surface area contributed by atoms with Crippen molar-refractivity contribution in [3.63, 3.8) is 0 Å². The molecule has 0 unspecified atom stereocenters. The van der Waals surface area contributed by atoms with Crippen molar-refractivity contribution in [2.24, 2.45) is 5.92 Å². The van der Waals surface area contributed by atoms with Gasteiger partial charge < -0.3 is 14.6 Å². The van der Waals surface area contributed by atoms with E-state index >= 15 is 0 Å². The van der Waals surface area contributed by atoms with Crippen LogP contribution in [0.1, 0.15) is 39.3 Å². The number of likely N-dealkylation sites (tertiary alicyclic amines) is 1. The molecule has 1 N–H and O–H groups in total. The van der Waals surface area contributed by atoms with Gasteiger partial charge in [-0.1, -0.05) is 18.2 Å². The van der Waals surface area contributed by atoms with Gasteiger partial charge in [0.25, 0.3) is 5.91 Å². The van der Waals surface area contributed by atoms with Crippen LogP contribution in [-0.2, 0) is 0 Å². The second-order valence-corrected chi connectivity index (χ2v) is 7.33. The molecular weight excluding hydrogens is 352 g/mol. The number of methoxy groups -OCH3 is 1. The van der Waals surface area contributed by atoms with Crippen molar-refractivity contribution in [3.8, 4) is 5.75 Å². The highest BCUT2D eigenvalue weighted by atomic mass is 16.5. The molecule has 0 aliphatic carbocycles. The molecule has 4 rings (SSSR count). The molecule has 0 atom stereocenters. The number of rotatable bonds is 4. The largest absolute Gasteiger partial charge is 0.497 e. The normalized spacial score (nSPS) is 15.0. The number of piperidine rings is 1. The third-order valence-electron chi connectivity index (χ3n) is 5.63. The Hall–Kier alpha value is -3.08. The minimum absolute atomic E-state index is 0.0403. The van der Waals surface area contributed by atoms with Crippen LogP contribution in [0.5, 0.6) is 5.75 Å². The summed E-state index contributed by atoms with van der Waals surface area (Å²) in [4.78, 5) is 31.1. The molecule has 1 fully saturated rings. The molecule has 0 bridgehead atoms. The number of nitrogens with one attached hydrogen (secondary N) is 1. The third kappa shape index (κ3) is 3.28. The Kier molecular flexibility index (Phi) is 4.90. The Morgan fingerprint density at radius 1 is 1.04 bits per heavy atom. The minimum Gasteiger partial charge on any atom is -0.497 e. The SMILES string of the molecule is COc1ccc(C(=O)C2CCN(C(=O)c3c(C)[nH]c4ccccc34)CC2)cc1. The fraction of sp³-hybridized carbons (Fsp3) is 0.304. The molecule has 0 radical (unpaired) electrons. The highest BCUT2D eigenvalue weighted by Gasteiger charge is 2.30. The number of amides is 1. The number of Topliss-reactive ketones (excluding diaryl/α,β-unsaturated/α-hetero) is 1. The van der Waals surface area contributed by atoms with Crippen LogP contribution in [0.15, 0.2) is 48.5 Å². The van der Waals surface area contributed by atoms with Gasteiger partial charge in [-0.15, -0.1) is 0 Å². The molecular formula is C23H24N2O3. The number of hydrogen-bond acceptors (Lipinski definition) is 3. The second kappa shape index (κ2) is 7.50. The number of aromatic amines is 1. The van der Waals surface area contributed by atoms with E-state index in [1.165, 1.54) is 0 Å². The summed E-state index contributed by atoms with van der Waals surface area (Å²) < 4.78 is 5.15. The Bertz CT molecular complexity index is 1010. The molecule has 5 heteroatoms. The number of aryl methyl sites for hydroxylation is 1. The van der Waals surface area contributed by atoms with Gasteiger partial charge in [0.05, 0.1) is 12.7 Å². The smallest absolute Gasteiger partial charge is 0.256 e. The summed E-state index contributed by atoms with van der Waals surface area (Å²) in [6.07, 6.45) is 1.38. The van der Waals surface area contributed by atoms with Crippen molar-refractivity contribution in [1.29, 1.82) is 0 Å². The summed E-state index contributed by atoms with van der Waals surface area (Å²) >= 11 is 0. The van der Waals surface area contributed by atoms with E-state index in [9.17, 15) is 9.59 Å². The predicted molar refractivity (Wildman–Crippen MR) is 109 cm³/mol. The number of aromatic nitrogens is 1. The topological polar surface area (TPSA) is 62.4 Å². The van der Waals surface area contributed by atoms with Gasteiger partial charge in [-0.2, -0.15) is 0 Å². The standard InChI is InChI=1S/C23H24N2O3/c1-15-21(19-5-3-4-6-20(19)24-15)23(27)25-13-11-17(12-14-25)22(26)16-7-9-18(28-2)10-8-16/h3-10,17,24H,11-14H2,1-2H3. The van der Waals surface area contributed by atoms with Crippen molar-refractivity contribution in [2.45, 2.75) is 19.8 Å². The Morgan fingerprint density at radius 2 is 1.71 bits per heavy atom. The zero-order chi connectivity index (χ0) is 19.7. The van der Waals surface area contributed by atoms with E-state index in [4.69, 9.17) is 4.74 Å². The maximum absolute atomic E-state index is 13.1. The summed E-state index contributed by atoms with van der Waals surface area (Å²) in [5.74, 6) is 0.899. The zero-order valence-electron chi connectivity index (χ0n) is 16.2. The van der Waals surface area contributed by atoms with E-state index in [-0.39, 0.29) is 17.6 Å². The molecule has 2 aromatic carbocycles. The van der Waals surface area contributed by atoms with Crippen molar-refractivity contribution in [2.75, 3.05) is 20.2 Å². The molecule has 1 saturated heterocycles. The lowest BCUT2D eigenvalue weighted by Crippen LogP contribution is -2.40. The Balaban J connectivity index is 1.45. The van der Waals surface area contributed by atoms with E-state index in [0.717, 1.165) is 27.9 Å². The van der Waals surface area contributed by atoms with Crippen LogP contribution in [0.3, 0.4) is 0 Å². The highest BCUT2D eigenvalue weighted by molar-refractivity contribution is 6.08. The number of ketones is 1. The van der Waals surface area contributed by atoms with Crippen LogP contribution in [0, 0.1) is 12.8 Å². The summed E-state index contributed by atoms with van der Waals surface area (Å²) in [6.45, 7) is 3.14. The van der Waals surface area contributed by atoms with E-state index in [2.05, 4.69) is 4.98 Å². The number of benzene rings is 2.